The van der Waals surface area contributed by atoms with Crippen LogP contribution in [0.3, 0.4) is 0 Å². The third kappa shape index (κ3) is 15.4. The summed E-state index contributed by atoms with van der Waals surface area (Å²) in [6, 6.07) is 6.05. The van der Waals surface area contributed by atoms with Gasteiger partial charge in [-0.3, -0.25) is 4.90 Å². The normalized spacial score (nSPS) is 15.2. The van der Waals surface area contributed by atoms with Crippen LogP contribution in [-0.2, 0) is 25.7 Å². The van der Waals surface area contributed by atoms with Gasteiger partial charge < -0.3 is 30.9 Å². The molecule has 1 aromatic rings. The summed E-state index contributed by atoms with van der Waals surface area (Å²) in [4.78, 5) is 40.6. The molecule has 1 unspecified atom stereocenters. The van der Waals surface area contributed by atoms with Gasteiger partial charge in [-0.25, -0.2) is 19.2 Å². The number of hydrogen-bond acceptors (Lipinski definition) is 7. The van der Waals surface area contributed by atoms with Crippen LogP contribution in [0.15, 0.2) is 42.5 Å². The minimum Gasteiger partial charge on any atom is -0.492 e. The number of rotatable bonds is 9. The van der Waals surface area contributed by atoms with Gasteiger partial charge >= 0.3 is 23.9 Å². The third-order valence-electron chi connectivity index (χ3n) is 4.14. The number of halogens is 1. The number of nitrogens with two attached hydrogens (primary N) is 1. The Balaban J connectivity index is 0.000000570. The summed E-state index contributed by atoms with van der Waals surface area (Å²) in [5, 5.41) is 31.9. The zero-order valence-corrected chi connectivity index (χ0v) is 19.3. The molecule has 0 spiro atoms. The summed E-state index contributed by atoms with van der Waals surface area (Å²) in [7, 11) is 0. The van der Waals surface area contributed by atoms with Crippen LogP contribution in [0, 0.1) is 5.92 Å². The summed E-state index contributed by atoms with van der Waals surface area (Å²) in [6.45, 7) is 6.57. The largest absolute Gasteiger partial charge is 0.492 e. The Kier molecular flexibility index (Phi) is 15.4. The molecule has 0 saturated carbocycles. The molecular formula is C22H29ClN2O9. The molecule has 0 aromatic heterocycles. The van der Waals surface area contributed by atoms with Crippen molar-refractivity contribution < 1.29 is 44.3 Å². The lowest BCUT2D eigenvalue weighted by molar-refractivity contribution is -0.134. The highest BCUT2D eigenvalue weighted by molar-refractivity contribution is 6.32. The van der Waals surface area contributed by atoms with E-state index in [0.29, 0.717) is 41.9 Å². The van der Waals surface area contributed by atoms with E-state index in [9.17, 15) is 19.2 Å². The van der Waals surface area contributed by atoms with Gasteiger partial charge in [-0.2, -0.15) is 0 Å². The lowest BCUT2D eigenvalue weighted by Gasteiger charge is -2.16. The van der Waals surface area contributed by atoms with E-state index in [1.54, 1.807) is 0 Å². The van der Waals surface area contributed by atoms with Crippen LogP contribution in [0.25, 0.3) is 0 Å². The maximum absolute atomic E-state index is 9.55. The van der Waals surface area contributed by atoms with E-state index in [4.69, 9.17) is 42.5 Å². The molecule has 1 fully saturated rings. The molecule has 0 amide bonds. The summed E-state index contributed by atoms with van der Waals surface area (Å²) >= 11 is 6.19. The van der Waals surface area contributed by atoms with Gasteiger partial charge in [0.25, 0.3) is 0 Å². The van der Waals surface area contributed by atoms with Crippen molar-refractivity contribution in [1.82, 2.24) is 4.90 Å². The zero-order chi connectivity index (χ0) is 26.1. The molecule has 1 saturated heterocycles. The number of benzene rings is 1. The predicted molar refractivity (Wildman–Crippen MR) is 124 cm³/mol. The van der Waals surface area contributed by atoms with E-state index >= 15 is 0 Å². The summed E-state index contributed by atoms with van der Waals surface area (Å²) in [5.41, 5.74) is 6.94. The van der Waals surface area contributed by atoms with Crippen molar-refractivity contribution in [3.8, 4) is 5.75 Å². The number of likely N-dealkylation sites (tertiary alicyclic amines) is 1. The van der Waals surface area contributed by atoms with Crippen molar-refractivity contribution in [2.24, 2.45) is 11.7 Å². The second-order valence-electron chi connectivity index (χ2n) is 6.84. The Morgan fingerprint density at radius 2 is 1.53 bits per heavy atom. The second kappa shape index (κ2) is 17.1. The third-order valence-corrected chi connectivity index (χ3v) is 4.44. The summed E-state index contributed by atoms with van der Waals surface area (Å²) < 4.78 is 5.43. The van der Waals surface area contributed by atoms with Crippen molar-refractivity contribution in [1.29, 1.82) is 0 Å². The first-order valence-corrected chi connectivity index (χ1v) is 10.5. The van der Waals surface area contributed by atoms with Gasteiger partial charge in [0.1, 0.15) is 5.75 Å². The lowest BCUT2D eigenvalue weighted by atomic mass is 10.1. The van der Waals surface area contributed by atoms with E-state index in [1.807, 2.05) is 19.1 Å². The molecule has 0 aliphatic carbocycles. The quantitative estimate of drug-likeness (QED) is 0.311. The van der Waals surface area contributed by atoms with Crippen LogP contribution in [-0.4, -0.2) is 75.4 Å². The maximum atomic E-state index is 9.55. The molecule has 12 heteroatoms. The minimum atomic E-state index is -1.26. The second-order valence-corrected chi connectivity index (χ2v) is 7.25. The molecule has 1 aromatic carbocycles. The Morgan fingerprint density at radius 1 is 1.03 bits per heavy atom. The number of nitrogens with zero attached hydrogens (tertiary/aromatic N) is 1. The fourth-order valence-electron chi connectivity index (χ4n) is 2.71. The number of hydrogen-bond donors (Lipinski definition) is 5. The molecule has 0 radical (unpaired) electrons. The van der Waals surface area contributed by atoms with Crippen molar-refractivity contribution in [2.75, 3.05) is 26.2 Å². The van der Waals surface area contributed by atoms with Gasteiger partial charge in [0, 0.05) is 37.4 Å². The highest BCUT2D eigenvalue weighted by Gasteiger charge is 2.21. The number of ether oxygens (including phenoxy) is 1. The molecular weight excluding hydrogens is 472 g/mol. The smallest absolute Gasteiger partial charge is 0.328 e. The first-order valence-electron chi connectivity index (χ1n) is 10.1. The Bertz CT molecular complexity index is 821. The number of carbonyl (C=O) groups is 4. The van der Waals surface area contributed by atoms with Gasteiger partial charge in [0.15, 0.2) is 0 Å². The zero-order valence-electron chi connectivity index (χ0n) is 18.6. The average molecular weight is 501 g/mol. The van der Waals surface area contributed by atoms with Gasteiger partial charge in [-0.15, -0.1) is 0 Å². The van der Waals surface area contributed by atoms with Crippen LogP contribution in [0.4, 0.5) is 0 Å². The van der Waals surface area contributed by atoms with Crippen LogP contribution >= 0.6 is 11.6 Å². The number of carboxylic acids is 4. The van der Waals surface area contributed by atoms with Gasteiger partial charge in [0.2, 0.25) is 0 Å². The molecule has 11 nitrogen and oxygen atoms in total. The first kappa shape index (κ1) is 30.6. The number of carboxylic acid groups (broad SMARTS) is 4. The lowest BCUT2D eigenvalue weighted by Crippen LogP contribution is -2.22. The van der Waals surface area contributed by atoms with Crippen molar-refractivity contribution in [3.63, 3.8) is 0 Å². The van der Waals surface area contributed by atoms with Gasteiger partial charge in [-0.05, 0) is 50.0 Å². The number of aliphatic carboxylic acids is 4. The first-order chi connectivity index (χ1) is 16.0. The fraction of sp³-hybridized carbons (Fsp3) is 0.364. The van der Waals surface area contributed by atoms with E-state index in [0.717, 1.165) is 31.9 Å². The topological polar surface area (TPSA) is 188 Å². The molecule has 2 rings (SSSR count). The molecule has 34 heavy (non-hydrogen) atoms. The summed E-state index contributed by atoms with van der Waals surface area (Å²) in [6.07, 6.45) is 3.44. The average Bonchev–Trinajstić information content (AvgIpc) is 3.21. The van der Waals surface area contributed by atoms with Crippen LogP contribution in [0.2, 0.25) is 5.02 Å². The Morgan fingerprint density at radius 3 is 1.88 bits per heavy atom. The van der Waals surface area contributed by atoms with E-state index in [2.05, 4.69) is 11.0 Å². The summed E-state index contributed by atoms with van der Waals surface area (Å²) in [5.74, 6) is -3.60. The van der Waals surface area contributed by atoms with E-state index in [1.165, 1.54) is 12.0 Å². The van der Waals surface area contributed by atoms with Crippen LogP contribution < -0.4 is 10.5 Å². The SMILES string of the molecule is CCOc1ccc(CN2CCC(CN)C2)cc1Cl.O=C(O)/C=C/C(=O)O.O=C(O)/C=C/C(=O)O. The molecule has 1 aliphatic heterocycles. The van der Waals surface area contributed by atoms with Gasteiger partial charge in [-0.1, -0.05) is 17.7 Å². The molecule has 1 atom stereocenters. The molecule has 0 bridgehead atoms. The molecule has 188 valence electrons. The molecule has 1 heterocycles. The van der Waals surface area contributed by atoms with Crippen molar-refractivity contribution >= 4 is 35.5 Å². The molecule has 1 aliphatic rings. The monoisotopic (exact) mass is 500 g/mol. The minimum absolute atomic E-state index is 0.558. The van der Waals surface area contributed by atoms with E-state index < -0.39 is 23.9 Å². The van der Waals surface area contributed by atoms with Crippen molar-refractivity contribution in [2.45, 2.75) is 19.9 Å². The standard InChI is InChI=1S/C14H21ClN2O.2C4H4O4/c1-2-18-14-4-3-11(7-13(14)15)9-17-6-5-12(8-16)10-17;2*5-3(6)1-2-4(7)8/h3-4,7,12H,2,5-6,8-10,16H2,1H3;2*1-2H,(H,5,6)(H,7,8)/b;2*2-1+. The highest BCUT2D eigenvalue weighted by Crippen LogP contribution is 2.27. The molecule has 6 N–H and O–H groups in total. The van der Waals surface area contributed by atoms with Crippen LogP contribution in [0.1, 0.15) is 18.9 Å². The Labute approximate surface area is 201 Å². The van der Waals surface area contributed by atoms with Crippen LogP contribution in [0.5, 0.6) is 5.75 Å². The Hall–Kier alpha value is -3.41. The van der Waals surface area contributed by atoms with Gasteiger partial charge in [0.05, 0.1) is 11.6 Å². The fourth-order valence-corrected chi connectivity index (χ4v) is 2.97. The predicted octanol–water partition coefficient (Wildman–Crippen LogP) is 1.94. The van der Waals surface area contributed by atoms with E-state index in [-0.39, 0.29) is 0 Å². The maximum Gasteiger partial charge on any atom is 0.328 e. The van der Waals surface area contributed by atoms with Crippen molar-refractivity contribution in [3.05, 3.63) is 53.1 Å². The highest BCUT2D eigenvalue weighted by atomic mass is 35.5.